The molecule has 0 unspecified atom stereocenters. The zero-order chi connectivity index (χ0) is 9.40. The van der Waals surface area contributed by atoms with E-state index in [4.69, 9.17) is 0 Å². The van der Waals surface area contributed by atoms with Gasteiger partial charge in [-0.05, 0) is 19.1 Å². The van der Waals surface area contributed by atoms with Gasteiger partial charge < -0.3 is 4.74 Å². The van der Waals surface area contributed by atoms with Gasteiger partial charge in [-0.2, -0.15) is 0 Å². The average molecular weight is 170 g/mol. The first-order valence-electron chi connectivity index (χ1n) is 4.08. The summed E-state index contributed by atoms with van der Waals surface area (Å²) in [5.41, 5.74) is 1.14. The minimum atomic E-state index is -0.761. The minimum Gasteiger partial charge on any atom is -0.463 e. The molecule has 1 aromatic rings. The fourth-order valence-corrected chi connectivity index (χ4v) is 0.697. The van der Waals surface area contributed by atoms with Crippen LogP contribution in [-0.4, -0.2) is 6.86 Å². The van der Waals surface area contributed by atoms with Crippen molar-refractivity contribution in [3.05, 3.63) is 29.8 Å². The predicted molar refractivity (Wildman–Crippen MR) is 49.1 cm³/mol. The Bertz CT molecular complexity index is 193. The maximum Gasteiger partial charge on any atom is 0.228 e. The standard InChI is InChI=1S/C8H9FO.C2H6/c1-7-2-4-8(5-3-7)10-6-9;1-2/h2-5H,6H2,1H3;1-2H3. The maximum absolute atomic E-state index is 11.6. The van der Waals surface area contributed by atoms with E-state index >= 15 is 0 Å². The molecule has 0 spiro atoms. The lowest BCUT2D eigenvalue weighted by atomic mass is 10.2. The smallest absolute Gasteiger partial charge is 0.228 e. The SMILES string of the molecule is CC.Cc1ccc(OCF)cc1. The second-order valence-corrected chi connectivity index (χ2v) is 2.07. The predicted octanol–water partition coefficient (Wildman–Crippen LogP) is 3.33. The summed E-state index contributed by atoms with van der Waals surface area (Å²) in [4.78, 5) is 0. The molecule has 0 radical (unpaired) electrons. The Balaban J connectivity index is 0.000000561. The number of benzene rings is 1. The maximum atomic E-state index is 11.6. The van der Waals surface area contributed by atoms with Crippen molar-refractivity contribution in [3.63, 3.8) is 0 Å². The third-order valence-corrected chi connectivity index (χ3v) is 1.24. The van der Waals surface area contributed by atoms with Gasteiger partial charge in [-0.15, -0.1) is 0 Å². The van der Waals surface area contributed by atoms with Crippen molar-refractivity contribution in [1.29, 1.82) is 0 Å². The molecule has 0 atom stereocenters. The molecule has 0 aliphatic carbocycles. The van der Waals surface area contributed by atoms with Crippen LogP contribution in [0.5, 0.6) is 5.75 Å². The monoisotopic (exact) mass is 170 g/mol. The van der Waals surface area contributed by atoms with E-state index in [0.29, 0.717) is 5.75 Å². The molecule has 1 aromatic carbocycles. The second kappa shape index (κ2) is 6.65. The highest BCUT2D eigenvalue weighted by Gasteiger charge is 1.89. The molecule has 0 aliphatic rings. The number of halogens is 1. The Morgan fingerprint density at radius 1 is 1.17 bits per heavy atom. The number of rotatable bonds is 2. The highest BCUT2D eigenvalue weighted by atomic mass is 19.1. The molecular formula is C10H15FO. The van der Waals surface area contributed by atoms with Gasteiger partial charge >= 0.3 is 0 Å². The second-order valence-electron chi connectivity index (χ2n) is 2.07. The van der Waals surface area contributed by atoms with Crippen LogP contribution in [0.1, 0.15) is 19.4 Å². The number of aryl methyl sites for hydroxylation is 1. The highest BCUT2D eigenvalue weighted by Crippen LogP contribution is 2.10. The summed E-state index contributed by atoms with van der Waals surface area (Å²) in [6, 6.07) is 7.25. The Hall–Kier alpha value is -1.05. The molecule has 0 aliphatic heterocycles. The van der Waals surface area contributed by atoms with Gasteiger partial charge in [0.25, 0.3) is 0 Å². The lowest BCUT2D eigenvalue weighted by molar-refractivity contribution is 0.192. The molecule has 0 saturated carbocycles. The minimum absolute atomic E-state index is 0.577. The number of ether oxygens (including phenoxy) is 1. The fraction of sp³-hybridized carbons (Fsp3) is 0.400. The Morgan fingerprint density at radius 2 is 1.67 bits per heavy atom. The summed E-state index contributed by atoms with van der Waals surface area (Å²) in [7, 11) is 0. The summed E-state index contributed by atoms with van der Waals surface area (Å²) < 4.78 is 16.2. The van der Waals surface area contributed by atoms with Crippen molar-refractivity contribution in [2.45, 2.75) is 20.8 Å². The molecule has 68 valence electrons. The summed E-state index contributed by atoms with van der Waals surface area (Å²) >= 11 is 0. The van der Waals surface area contributed by atoms with Crippen molar-refractivity contribution in [3.8, 4) is 5.75 Å². The Morgan fingerprint density at radius 3 is 2.08 bits per heavy atom. The van der Waals surface area contributed by atoms with Crippen molar-refractivity contribution in [2.24, 2.45) is 0 Å². The van der Waals surface area contributed by atoms with Crippen molar-refractivity contribution in [2.75, 3.05) is 6.86 Å². The van der Waals surface area contributed by atoms with Crippen LogP contribution in [0.3, 0.4) is 0 Å². The molecule has 0 fully saturated rings. The lowest BCUT2D eigenvalue weighted by Crippen LogP contribution is -1.88. The molecule has 1 rings (SSSR count). The molecule has 0 amide bonds. The van der Waals surface area contributed by atoms with Gasteiger partial charge in [0.05, 0.1) is 0 Å². The first-order chi connectivity index (χ1) is 5.83. The molecule has 0 heterocycles. The van der Waals surface area contributed by atoms with Gasteiger partial charge in [-0.3, -0.25) is 0 Å². The molecule has 0 bridgehead atoms. The zero-order valence-electron chi connectivity index (χ0n) is 7.80. The Labute approximate surface area is 73.2 Å². The van der Waals surface area contributed by atoms with Gasteiger partial charge in [-0.1, -0.05) is 31.5 Å². The lowest BCUT2D eigenvalue weighted by Gasteiger charge is -1.99. The van der Waals surface area contributed by atoms with Crippen molar-refractivity contribution in [1.82, 2.24) is 0 Å². The number of hydrogen-bond acceptors (Lipinski definition) is 1. The first-order valence-corrected chi connectivity index (χ1v) is 4.08. The van der Waals surface area contributed by atoms with E-state index in [1.54, 1.807) is 12.1 Å². The van der Waals surface area contributed by atoms with E-state index in [0.717, 1.165) is 5.56 Å². The average Bonchev–Trinajstić information content (AvgIpc) is 2.13. The van der Waals surface area contributed by atoms with Crippen LogP contribution in [0.4, 0.5) is 4.39 Å². The van der Waals surface area contributed by atoms with Crippen LogP contribution in [0.25, 0.3) is 0 Å². The molecular weight excluding hydrogens is 155 g/mol. The van der Waals surface area contributed by atoms with Gasteiger partial charge in [0.15, 0.2) is 0 Å². The van der Waals surface area contributed by atoms with Crippen molar-refractivity contribution < 1.29 is 9.13 Å². The summed E-state index contributed by atoms with van der Waals surface area (Å²) in [6.07, 6.45) is 0. The summed E-state index contributed by atoms with van der Waals surface area (Å²) in [5, 5.41) is 0. The van der Waals surface area contributed by atoms with E-state index in [2.05, 4.69) is 4.74 Å². The molecule has 0 aromatic heterocycles. The zero-order valence-corrected chi connectivity index (χ0v) is 7.80. The molecule has 0 N–H and O–H groups in total. The summed E-state index contributed by atoms with van der Waals surface area (Å²) in [5.74, 6) is 0.577. The van der Waals surface area contributed by atoms with Crippen LogP contribution in [0.2, 0.25) is 0 Å². The third kappa shape index (κ3) is 3.96. The molecule has 2 heteroatoms. The number of hydrogen-bond donors (Lipinski definition) is 0. The van der Waals surface area contributed by atoms with Crippen LogP contribution >= 0.6 is 0 Å². The van der Waals surface area contributed by atoms with Crippen LogP contribution in [0, 0.1) is 6.92 Å². The fourth-order valence-electron chi connectivity index (χ4n) is 0.697. The molecule has 12 heavy (non-hydrogen) atoms. The summed E-state index contributed by atoms with van der Waals surface area (Å²) in [6.45, 7) is 5.21. The quantitative estimate of drug-likeness (QED) is 0.661. The Kier molecular flexibility index (Phi) is 6.07. The molecule has 0 saturated heterocycles. The van der Waals surface area contributed by atoms with Crippen LogP contribution in [-0.2, 0) is 0 Å². The largest absolute Gasteiger partial charge is 0.463 e. The van der Waals surface area contributed by atoms with Crippen LogP contribution < -0.4 is 4.74 Å². The van der Waals surface area contributed by atoms with E-state index in [-0.39, 0.29) is 0 Å². The van der Waals surface area contributed by atoms with Crippen LogP contribution in [0.15, 0.2) is 24.3 Å². The van der Waals surface area contributed by atoms with Gasteiger partial charge in [0.2, 0.25) is 6.86 Å². The topological polar surface area (TPSA) is 9.23 Å². The first kappa shape index (κ1) is 11.0. The van der Waals surface area contributed by atoms with E-state index < -0.39 is 6.86 Å². The normalized spacial score (nSPS) is 8.33. The van der Waals surface area contributed by atoms with Gasteiger partial charge in [0, 0.05) is 0 Å². The molecule has 1 nitrogen and oxygen atoms in total. The van der Waals surface area contributed by atoms with E-state index in [1.165, 1.54) is 0 Å². The van der Waals surface area contributed by atoms with E-state index in [1.807, 2.05) is 32.9 Å². The van der Waals surface area contributed by atoms with Gasteiger partial charge in [-0.25, -0.2) is 4.39 Å². The third-order valence-electron chi connectivity index (χ3n) is 1.24. The number of alkyl halides is 1. The highest BCUT2D eigenvalue weighted by molar-refractivity contribution is 5.25. The van der Waals surface area contributed by atoms with Crippen molar-refractivity contribution >= 4 is 0 Å². The van der Waals surface area contributed by atoms with Gasteiger partial charge in [0.1, 0.15) is 5.75 Å². The van der Waals surface area contributed by atoms with E-state index in [9.17, 15) is 4.39 Å².